The van der Waals surface area contributed by atoms with Crippen molar-refractivity contribution in [1.29, 1.82) is 0 Å². The molecule has 0 atom stereocenters. The van der Waals surface area contributed by atoms with E-state index in [4.69, 9.17) is 0 Å². The third-order valence-corrected chi connectivity index (χ3v) is 5.59. The Morgan fingerprint density at radius 3 is 2.46 bits per heavy atom. The first-order valence-corrected chi connectivity index (χ1v) is 9.02. The van der Waals surface area contributed by atoms with Crippen molar-refractivity contribution >= 4 is 22.8 Å². The number of allylic oxidation sites excluding steroid dienone is 1. The van der Waals surface area contributed by atoms with Crippen LogP contribution in [0.15, 0.2) is 29.5 Å². The number of alkyl halides is 2. The van der Waals surface area contributed by atoms with Gasteiger partial charge in [0, 0.05) is 19.9 Å². The molecule has 0 unspecified atom stereocenters. The summed E-state index contributed by atoms with van der Waals surface area (Å²) >= 11 is 1.38. The fourth-order valence-corrected chi connectivity index (χ4v) is 3.81. The zero-order valence-corrected chi connectivity index (χ0v) is 15.3. The molecule has 1 heterocycles. The lowest BCUT2D eigenvalue weighted by Crippen LogP contribution is -2.25. The first kappa shape index (κ1) is 18.8. The van der Waals surface area contributed by atoms with E-state index in [0.717, 1.165) is 47.4 Å². The highest BCUT2D eigenvalue weighted by Crippen LogP contribution is 2.30. The summed E-state index contributed by atoms with van der Waals surface area (Å²) in [5, 5.41) is 5.26. The zero-order valence-electron chi connectivity index (χ0n) is 14.4. The van der Waals surface area contributed by atoms with Crippen molar-refractivity contribution in [2.24, 2.45) is 11.0 Å². The van der Waals surface area contributed by atoms with Gasteiger partial charge in [-0.1, -0.05) is 25.8 Å². The molecule has 24 heavy (non-hydrogen) atoms. The maximum absolute atomic E-state index is 13.3. The summed E-state index contributed by atoms with van der Waals surface area (Å²) in [5.74, 6) is -2.68. The summed E-state index contributed by atoms with van der Waals surface area (Å²) in [6.45, 7) is 5.93. The van der Waals surface area contributed by atoms with E-state index < -0.39 is 5.92 Å². The molecule has 1 aromatic heterocycles. The van der Waals surface area contributed by atoms with Gasteiger partial charge in [0.25, 0.3) is 5.92 Å². The van der Waals surface area contributed by atoms with Crippen LogP contribution in [-0.4, -0.2) is 29.5 Å². The lowest BCUT2D eigenvalue weighted by molar-refractivity contribution is 0.0359. The van der Waals surface area contributed by atoms with E-state index in [1.807, 2.05) is 12.1 Å². The summed E-state index contributed by atoms with van der Waals surface area (Å²) in [6.07, 6.45) is 5.38. The van der Waals surface area contributed by atoms with Crippen LogP contribution < -0.4 is 0 Å². The Labute approximate surface area is 146 Å². The molecule has 1 fully saturated rings. The molecule has 2 rings (SSSR count). The van der Waals surface area contributed by atoms with Crippen LogP contribution in [0, 0.1) is 5.92 Å². The molecular formula is C18H24F2N2OS. The van der Waals surface area contributed by atoms with Gasteiger partial charge in [0.2, 0.25) is 0 Å². The lowest BCUT2D eigenvalue weighted by Gasteiger charge is -2.21. The minimum absolute atomic E-state index is 0.128. The number of ketones is 1. The van der Waals surface area contributed by atoms with Crippen molar-refractivity contribution in [3.63, 3.8) is 0 Å². The number of hydrogen-bond acceptors (Lipinski definition) is 4. The molecule has 1 aliphatic carbocycles. The topological polar surface area (TPSA) is 32.7 Å². The average molecular weight is 354 g/mol. The number of nitrogens with zero attached hydrogens (tertiary/aromatic N) is 2. The van der Waals surface area contributed by atoms with E-state index in [1.54, 1.807) is 6.92 Å². The first-order valence-electron chi connectivity index (χ1n) is 8.20. The third-order valence-electron chi connectivity index (χ3n) is 4.38. The normalized spacial score (nSPS) is 17.0. The molecule has 0 amide bonds. The van der Waals surface area contributed by atoms with Crippen molar-refractivity contribution in [3.05, 3.63) is 34.2 Å². The first-order chi connectivity index (χ1) is 11.2. The highest BCUT2D eigenvalue weighted by Gasteiger charge is 2.29. The smallest absolute Gasteiger partial charge is 0.286 e. The molecule has 0 radical (unpaired) electrons. The van der Waals surface area contributed by atoms with Crippen LogP contribution in [0.5, 0.6) is 0 Å². The summed E-state index contributed by atoms with van der Waals surface area (Å²) in [7, 11) is 1.45. The van der Waals surface area contributed by atoms with Crippen LogP contribution in [-0.2, 0) is 0 Å². The molecular weight excluding hydrogens is 330 g/mol. The predicted molar refractivity (Wildman–Crippen MR) is 95.0 cm³/mol. The summed E-state index contributed by atoms with van der Waals surface area (Å²) < 4.78 is 26.6. The van der Waals surface area contributed by atoms with Crippen LogP contribution in [0.25, 0.3) is 0 Å². The monoisotopic (exact) mass is 354 g/mol. The molecule has 0 spiro atoms. The van der Waals surface area contributed by atoms with Gasteiger partial charge >= 0.3 is 0 Å². The van der Waals surface area contributed by atoms with E-state index in [1.165, 1.54) is 24.8 Å². The molecule has 1 aromatic rings. The average Bonchev–Trinajstić information content (AvgIpc) is 3.03. The standard InChI is InChI=1S/C18H24F2N2OS/c1-12(21-22(4)13(2)18(3,19)20)15-10-11-16(24-15)17(23)14-8-6-5-7-9-14/h10-11,14H,2,5-9H2,1,3-4H3/b21-12+. The summed E-state index contributed by atoms with van der Waals surface area (Å²) in [6, 6.07) is 3.65. The molecule has 0 saturated heterocycles. The van der Waals surface area contributed by atoms with Gasteiger partial charge in [-0.3, -0.25) is 9.80 Å². The number of carbonyl (C=O) groups excluding carboxylic acids is 1. The number of Topliss-reactive ketones (excluding diaryl/α,β-unsaturated/α-hetero) is 1. The van der Waals surface area contributed by atoms with Crippen molar-refractivity contribution in [2.45, 2.75) is 51.9 Å². The van der Waals surface area contributed by atoms with E-state index in [9.17, 15) is 13.6 Å². The maximum Gasteiger partial charge on any atom is 0.286 e. The van der Waals surface area contributed by atoms with Gasteiger partial charge in [0.05, 0.1) is 21.2 Å². The van der Waals surface area contributed by atoms with Crippen LogP contribution in [0.2, 0.25) is 0 Å². The second kappa shape index (κ2) is 7.55. The SMILES string of the molecule is C=C(N(C)/N=C(\C)c1ccc(C(=O)C2CCCCC2)s1)C(C)(F)F. The second-order valence-corrected chi connectivity index (χ2v) is 7.49. The minimum atomic E-state index is -3.02. The fourth-order valence-electron chi connectivity index (χ4n) is 2.85. The number of hydrogen-bond donors (Lipinski definition) is 0. The van der Waals surface area contributed by atoms with Gasteiger partial charge in [-0.25, -0.2) is 0 Å². The third kappa shape index (κ3) is 4.50. The van der Waals surface area contributed by atoms with E-state index in [-0.39, 0.29) is 17.4 Å². The summed E-state index contributed by atoms with van der Waals surface area (Å²) in [4.78, 5) is 14.1. The minimum Gasteiger partial charge on any atom is -0.293 e. The Bertz CT molecular complexity index is 640. The number of carbonyl (C=O) groups is 1. The predicted octanol–water partition coefficient (Wildman–Crippen LogP) is 5.34. The molecule has 0 N–H and O–H groups in total. The molecule has 0 aliphatic heterocycles. The van der Waals surface area contributed by atoms with Gasteiger partial charge in [-0.15, -0.1) is 11.3 Å². The van der Waals surface area contributed by atoms with E-state index in [0.29, 0.717) is 5.71 Å². The van der Waals surface area contributed by atoms with Crippen LogP contribution >= 0.6 is 11.3 Å². The lowest BCUT2D eigenvalue weighted by atomic mass is 9.86. The Kier molecular flexibility index (Phi) is 5.91. The highest BCUT2D eigenvalue weighted by molar-refractivity contribution is 7.16. The molecule has 6 heteroatoms. The van der Waals surface area contributed by atoms with Gasteiger partial charge in [-0.05, 0) is 31.9 Å². The Hall–Kier alpha value is -1.56. The van der Waals surface area contributed by atoms with Gasteiger partial charge in [0.1, 0.15) is 0 Å². The number of rotatable bonds is 6. The second-order valence-electron chi connectivity index (χ2n) is 6.41. The van der Waals surface area contributed by atoms with Crippen molar-refractivity contribution < 1.29 is 13.6 Å². The van der Waals surface area contributed by atoms with Crippen molar-refractivity contribution in [3.8, 4) is 0 Å². The number of halogens is 2. The summed E-state index contributed by atoms with van der Waals surface area (Å²) in [5.41, 5.74) is 0.229. The largest absolute Gasteiger partial charge is 0.293 e. The Morgan fingerprint density at radius 1 is 1.29 bits per heavy atom. The molecule has 0 aromatic carbocycles. The molecule has 0 bridgehead atoms. The Balaban J connectivity index is 2.10. The molecule has 1 aliphatic rings. The van der Waals surface area contributed by atoms with Gasteiger partial charge in [-0.2, -0.15) is 13.9 Å². The van der Waals surface area contributed by atoms with Crippen LogP contribution in [0.4, 0.5) is 8.78 Å². The number of hydrazone groups is 1. The van der Waals surface area contributed by atoms with E-state index in [2.05, 4.69) is 11.7 Å². The molecule has 3 nitrogen and oxygen atoms in total. The molecule has 1 saturated carbocycles. The quantitative estimate of drug-likeness (QED) is 0.393. The van der Waals surface area contributed by atoms with Crippen LogP contribution in [0.3, 0.4) is 0 Å². The van der Waals surface area contributed by atoms with Crippen molar-refractivity contribution in [1.82, 2.24) is 5.01 Å². The van der Waals surface area contributed by atoms with E-state index >= 15 is 0 Å². The van der Waals surface area contributed by atoms with Crippen LogP contribution in [0.1, 0.15) is 60.5 Å². The fraction of sp³-hybridized carbons (Fsp3) is 0.556. The highest BCUT2D eigenvalue weighted by atomic mass is 32.1. The maximum atomic E-state index is 13.3. The molecule has 132 valence electrons. The van der Waals surface area contributed by atoms with Gasteiger partial charge in [0.15, 0.2) is 5.78 Å². The number of thiophene rings is 1. The zero-order chi connectivity index (χ0) is 17.9. The van der Waals surface area contributed by atoms with Gasteiger partial charge < -0.3 is 0 Å². The Morgan fingerprint density at radius 2 is 1.88 bits per heavy atom. The van der Waals surface area contributed by atoms with Crippen molar-refractivity contribution in [2.75, 3.05) is 7.05 Å².